The fourth-order valence-electron chi connectivity index (χ4n) is 1.70. The molecule has 0 aliphatic heterocycles. The average molecular weight is 319 g/mol. The first-order valence-electron chi connectivity index (χ1n) is 5.51. The maximum absolute atomic E-state index is 13.1. The molecule has 3 aromatic rings. The standard InChI is InChI=1S/C13H8BrFN4/c14-8-1-4-12(16-6-8)19-13-10-3-2-9(15)5-11(10)17-7-18-13/h1-7H,(H,16,17,18,19). The molecule has 4 nitrogen and oxygen atoms in total. The topological polar surface area (TPSA) is 50.7 Å². The number of hydrogen-bond acceptors (Lipinski definition) is 4. The highest BCUT2D eigenvalue weighted by atomic mass is 79.9. The molecule has 0 unspecified atom stereocenters. The Hall–Kier alpha value is -2.08. The number of benzene rings is 1. The molecule has 0 bridgehead atoms. The first kappa shape index (κ1) is 12.0. The predicted molar refractivity (Wildman–Crippen MR) is 74.7 cm³/mol. The lowest BCUT2D eigenvalue weighted by atomic mass is 10.2. The molecule has 0 saturated heterocycles. The Bertz CT molecular complexity index is 730. The zero-order valence-corrected chi connectivity index (χ0v) is 11.2. The number of hydrogen-bond donors (Lipinski definition) is 1. The van der Waals surface area contributed by atoms with Gasteiger partial charge in [-0.3, -0.25) is 0 Å². The summed E-state index contributed by atoms with van der Waals surface area (Å²) in [6.07, 6.45) is 3.08. The van der Waals surface area contributed by atoms with E-state index in [9.17, 15) is 4.39 Å². The van der Waals surface area contributed by atoms with Gasteiger partial charge < -0.3 is 5.32 Å². The van der Waals surface area contributed by atoms with E-state index < -0.39 is 0 Å². The summed E-state index contributed by atoms with van der Waals surface area (Å²) in [7, 11) is 0. The fourth-order valence-corrected chi connectivity index (χ4v) is 1.94. The predicted octanol–water partition coefficient (Wildman–Crippen LogP) is 3.67. The maximum Gasteiger partial charge on any atom is 0.142 e. The van der Waals surface area contributed by atoms with Crippen LogP contribution >= 0.6 is 15.9 Å². The highest BCUT2D eigenvalue weighted by Gasteiger charge is 2.05. The first-order valence-corrected chi connectivity index (χ1v) is 6.30. The minimum atomic E-state index is -0.320. The molecule has 0 fully saturated rings. The summed E-state index contributed by atoms with van der Waals surface area (Å²) in [5, 5.41) is 3.83. The number of rotatable bonds is 2. The van der Waals surface area contributed by atoms with E-state index in [2.05, 4.69) is 36.2 Å². The molecule has 0 aliphatic carbocycles. The molecule has 2 aromatic heterocycles. The monoisotopic (exact) mass is 318 g/mol. The Kier molecular flexibility index (Phi) is 3.08. The Labute approximate surface area is 116 Å². The molecule has 0 spiro atoms. The van der Waals surface area contributed by atoms with Crippen molar-refractivity contribution in [3.63, 3.8) is 0 Å². The number of anilines is 2. The number of halogens is 2. The zero-order chi connectivity index (χ0) is 13.2. The van der Waals surface area contributed by atoms with Gasteiger partial charge in [0.25, 0.3) is 0 Å². The van der Waals surface area contributed by atoms with Crippen LogP contribution in [-0.4, -0.2) is 15.0 Å². The van der Waals surface area contributed by atoms with Crippen LogP contribution in [0, 0.1) is 5.82 Å². The minimum Gasteiger partial charge on any atom is -0.324 e. The van der Waals surface area contributed by atoms with Crippen LogP contribution in [0.15, 0.2) is 47.3 Å². The lowest BCUT2D eigenvalue weighted by Gasteiger charge is -2.07. The summed E-state index contributed by atoms with van der Waals surface area (Å²) in [6.45, 7) is 0. The molecule has 1 aromatic carbocycles. The molecular weight excluding hydrogens is 311 g/mol. The average Bonchev–Trinajstić information content (AvgIpc) is 2.41. The number of pyridine rings is 1. The van der Waals surface area contributed by atoms with Gasteiger partial charge >= 0.3 is 0 Å². The molecule has 3 rings (SSSR count). The van der Waals surface area contributed by atoms with Crippen LogP contribution in [0.5, 0.6) is 0 Å². The second kappa shape index (κ2) is 4.89. The Balaban J connectivity index is 2.03. The van der Waals surface area contributed by atoms with Crippen molar-refractivity contribution in [2.24, 2.45) is 0 Å². The molecule has 0 saturated carbocycles. The van der Waals surface area contributed by atoms with Gasteiger partial charge in [-0.15, -0.1) is 0 Å². The van der Waals surface area contributed by atoms with Gasteiger partial charge in [0.2, 0.25) is 0 Å². The van der Waals surface area contributed by atoms with Crippen molar-refractivity contribution in [1.29, 1.82) is 0 Å². The van der Waals surface area contributed by atoms with E-state index in [-0.39, 0.29) is 5.82 Å². The van der Waals surface area contributed by atoms with Crippen molar-refractivity contribution >= 4 is 38.5 Å². The lowest BCUT2D eigenvalue weighted by Crippen LogP contribution is -1.97. The Morgan fingerprint density at radius 3 is 2.74 bits per heavy atom. The highest BCUT2D eigenvalue weighted by molar-refractivity contribution is 9.10. The fraction of sp³-hybridized carbons (Fsp3) is 0. The molecule has 0 amide bonds. The summed E-state index contributed by atoms with van der Waals surface area (Å²) in [5.74, 6) is 0.936. The van der Waals surface area contributed by atoms with Gasteiger partial charge in [-0.25, -0.2) is 19.3 Å². The minimum absolute atomic E-state index is 0.320. The molecule has 19 heavy (non-hydrogen) atoms. The maximum atomic E-state index is 13.1. The van der Waals surface area contributed by atoms with Crippen LogP contribution < -0.4 is 5.32 Å². The summed E-state index contributed by atoms with van der Waals surface area (Å²) in [6, 6.07) is 8.09. The normalized spacial score (nSPS) is 10.6. The number of aromatic nitrogens is 3. The summed E-state index contributed by atoms with van der Waals surface area (Å²) in [4.78, 5) is 12.4. The van der Waals surface area contributed by atoms with E-state index in [4.69, 9.17) is 0 Å². The van der Waals surface area contributed by atoms with E-state index in [1.807, 2.05) is 12.1 Å². The first-order chi connectivity index (χ1) is 9.22. The second-order valence-electron chi connectivity index (χ2n) is 3.87. The lowest BCUT2D eigenvalue weighted by molar-refractivity contribution is 0.629. The van der Waals surface area contributed by atoms with Gasteiger partial charge in [0, 0.05) is 22.1 Å². The van der Waals surface area contributed by atoms with Gasteiger partial charge in [-0.2, -0.15) is 0 Å². The van der Waals surface area contributed by atoms with Crippen LogP contribution in [0.25, 0.3) is 10.9 Å². The number of nitrogens with one attached hydrogen (secondary N) is 1. The molecule has 2 heterocycles. The quantitative estimate of drug-likeness (QED) is 0.783. The van der Waals surface area contributed by atoms with Gasteiger partial charge in [0.1, 0.15) is 23.8 Å². The van der Waals surface area contributed by atoms with Crippen LogP contribution in [-0.2, 0) is 0 Å². The van der Waals surface area contributed by atoms with Crippen molar-refractivity contribution < 1.29 is 4.39 Å². The largest absolute Gasteiger partial charge is 0.324 e. The number of fused-ring (bicyclic) bond motifs is 1. The van der Waals surface area contributed by atoms with Crippen LogP contribution in [0.2, 0.25) is 0 Å². The van der Waals surface area contributed by atoms with Gasteiger partial charge in [-0.1, -0.05) is 0 Å². The molecule has 94 valence electrons. The van der Waals surface area contributed by atoms with Crippen LogP contribution in [0.1, 0.15) is 0 Å². The van der Waals surface area contributed by atoms with Gasteiger partial charge in [0.15, 0.2) is 0 Å². The van der Waals surface area contributed by atoms with Crippen molar-refractivity contribution in [3.8, 4) is 0 Å². The Morgan fingerprint density at radius 2 is 1.95 bits per heavy atom. The third-order valence-electron chi connectivity index (χ3n) is 2.57. The molecule has 0 atom stereocenters. The third kappa shape index (κ3) is 2.53. The van der Waals surface area contributed by atoms with Crippen LogP contribution in [0.3, 0.4) is 0 Å². The van der Waals surface area contributed by atoms with Crippen molar-refractivity contribution in [1.82, 2.24) is 15.0 Å². The van der Waals surface area contributed by atoms with E-state index >= 15 is 0 Å². The Morgan fingerprint density at radius 1 is 1.05 bits per heavy atom. The van der Waals surface area contributed by atoms with E-state index in [1.54, 1.807) is 12.3 Å². The molecule has 1 N–H and O–H groups in total. The zero-order valence-electron chi connectivity index (χ0n) is 9.64. The SMILES string of the molecule is Fc1ccc2c(Nc3ccc(Br)cn3)ncnc2c1. The van der Waals surface area contributed by atoms with E-state index in [0.717, 1.165) is 9.86 Å². The number of nitrogens with zero attached hydrogens (tertiary/aromatic N) is 3. The summed E-state index contributed by atoms with van der Waals surface area (Å²) >= 11 is 3.32. The molecule has 0 radical (unpaired) electrons. The van der Waals surface area contributed by atoms with E-state index in [1.165, 1.54) is 18.5 Å². The molecule has 0 aliphatic rings. The summed E-state index contributed by atoms with van der Waals surface area (Å²) < 4.78 is 14.0. The van der Waals surface area contributed by atoms with E-state index in [0.29, 0.717) is 17.2 Å². The smallest absolute Gasteiger partial charge is 0.142 e. The third-order valence-corrected chi connectivity index (χ3v) is 3.04. The van der Waals surface area contributed by atoms with Crippen molar-refractivity contribution in [2.75, 3.05) is 5.32 Å². The van der Waals surface area contributed by atoms with Crippen molar-refractivity contribution in [3.05, 3.63) is 53.1 Å². The molecule has 6 heteroatoms. The second-order valence-corrected chi connectivity index (χ2v) is 4.79. The summed E-state index contributed by atoms with van der Waals surface area (Å²) in [5.41, 5.74) is 0.551. The highest BCUT2D eigenvalue weighted by Crippen LogP contribution is 2.23. The molecular formula is C13H8BrFN4. The van der Waals surface area contributed by atoms with Gasteiger partial charge in [-0.05, 0) is 40.2 Å². The van der Waals surface area contributed by atoms with Crippen LogP contribution in [0.4, 0.5) is 16.0 Å². The van der Waals surface area contributed by atoms with Gasteiger partial charge in [0.05, 0.1) is 5.52 Å². The van der Waals surface area contributed by atoms with Crippen molar-refractivity contribution in [2.45, 2.75) is 0 Å².